The summed E-state index contributed by atoms with van der Waals surface area (Å²) in [5.74, 6) is 5.54. The average Bonchev–Trinajstić information content (AvgIpc) is 2.30. The largest absolute Gasteiger partial charge is 0.0683 e. The molecule has 0 unspecified atom stereocenters. The van der Waals surface area contributed by atoms with E-state index in [0.29, 0.717) is 0 Å². The van der Waals surface area contributed by atoms with E-state index in [2.05, 4.69) is 34.6 Å². The Kier molecular flexibility index (Phi) is 10.7. The predicted molar refractivity (Wildman–Crippen MR) is 89.5 cm³/mol. The highest BCUT2D eigenvalue weighted by atomic mass is 14.5. The smallest absolute Gasteiger partial charge is 0.0406 e. The van der Waals surface area contributed by atoms with Crippen LogP contribution in [0.1, 0.15) is 93.4 Å². The lowest BCUT2D eigenvalue weighted by Gasteiger charge is -2.49. The van der Waals surface area contributed by atoms with Gasteiger partial charge in [-0.25, -0.2) is 0 Å². The van der Waals surface area contributed by atoms with E-state index in [1.807, 2.05) is 13.8 Å². The van der Waals surface area contributed by atoms with Gasteiger partial charge in [0.05, 0.1) is 0 Å². The van der Waals surface area contributed by atoms with E-state index in [1.165, 1.54) is 30.1 Å². The number of hydrogen-bond acceptors (Lipinski definition) is 0. The minimum atomic E-state index is 0.833. The van der Waals surface area contributed by atoms with Crippen LogP contribution in [0, 0.1) is 29.6 Å². The Balaban J connectivity index is 0.000000309. The SMILES string of the molecule is C1C2CC3CC1CC(C2)C3.CC.CC(C)C.CCC. The molecule has 4 saturated carbocycles. The summed E-state index contributed by atoms with van der Waals surface area (Å²) in [6.07, 6.45) is 10.9. The van der Waals surface area contributed by atoms with Gasteiger partial charge in [-0.05, 0) is 68.1 Å². The molecular weight excluding hydrogens is 228 g/mol. The molecule has 19 heavy (non-hydrogen) atoms. The van der Waals surface area contributed by atoms with Crippen molar-refractivity contribution in [3.8, 4) is 0 Å². The molecule has 0 aliphatic heterocycles. The second-order valence-corrected chi connectivity index (χ2v) is 7.32. The van der Waals surface area contributed by atoms with Crippen molar-refractivity contribution in [1.82, 2.24) is 0 Å². The van der Waals surface area contributed by atoms with Crippen molar-refractivity contribution in [2.75, 3.05) is 0 Å². The van der Waals surface area contributed by atoms with Gasteiger partial charge in [-0.2, -0.15) is 0 Å². The Morgan fingerprint density at radius 3 is 0.842 bits per heavy atom. The van der Waals surface area contributed by atoms with Crippen LogP contribution in [0.4, 0.5) is 0 Å². The lowest BCUT2D eigenvalue weighted by Crippen LogP contribution is -2.38. The molecule has 0 aromatic rings. The van der Waals surface area contributed by atoms with Crippen LogP contribution in [0.2, 0.25) is 0 Å². The number of hydrogen-bond donors (Lipinski definition) is 0. The van der Waals surface area contributed by atoms with Crippen LogP contribution in [0.5, 0.6) is 0 Å². The maximum atomic E-state index is 2.17. The van der Waals surface area contributed by atoms with Gasteiger partial charge in [-0.1, -0.05) is 54.9 Å². The molecule has 0 atom stereocenters. The third kappa shape index (κ3) is 8.00. The summed E-state index contributed by atoms with van der Waals surface area (Å²) in [6, 6.07) is 0. The summed E-state index contributed by atoms with van der Waals surface area (Å²) < 4.78 is 0. The third-order valence-corrected chi connectivity index (χ3v) is 4.00. The second-order valence-electron chi connectivity index (χ2n) is 7.32. The van der Waals surface area contributed by atoms with Crippen LogP contribution in [-0.2, 0) is 0 Å². The summed E-state index contributed by atoms with van der Waals surface area (Å²) in [5, 5.41) is 0. The van der Waals surface area contributed by atoms with Crippen LogP contribution >= 0.6 is 0 Å². The lowest BCUT2D eigenvalue weighted by atomic mass is 9.56. The zero-order chi connectivity index (χ0) is 14.8. The molecule has 116 valence electrons. The Morgan fingerprint density at radius 2 is 0.737 bits per heavy atom. The highest BCUT2D eigenvalue weighted by molar-refractivity contribution is 4.92. The summed E-state index contributed by atoms with van der Waals surface area (Å²) in [7, 11) is 0. The molecule has 0 radical (unpaired) electrons. The standard InChI is InChI=1S/C10H16.C4H10.C3H8.C2H6/c1-7-2-9-4-8(1)5-10(3-7)6-9;1-4(2)3;1-3-2;1-2/h7-10H,1-6H2;4H,1-3H3;3H2,1-2H3;1-2H3. The maximum absolute atomic E-state index is 2.17. The molecule has 4 aliphatic carbocycles. The van der Waals surface area contributed by atoms with Gasteiger partial charge in [-0.15, -0.1) is 0 Å². The highest BCUT2D eigenvalue weighted by Crippen LogP contribution is 2.53. The van der Waals surface area contributed by atoms with E-state index >= 15 is 0 Å². The third-order valence-electron chi connectivity index (χ3n) is 4.00. The van der Waals surface area contributed by atoms with Crippen molar-refractivity contribution in [3.05, 3.63) is 0 Å². The number of rotatable bonds is 0. The van der Waals surface area contributed by atoms with Crippen LogP contribution in [0.15, 0.2) is 0 Å². The van der Waals surface area contributed by atoms with Gasteiger partial charge in [0, 0.05) is 0 Å². The molecule has 0 N–H and O–H groups in total. The van der Waals surface area contributed by atoms with Gasteiger partial charge >= 0.3 is 0 Å². The Morgan fingerprint density at radius 1 is 0.632 bits per heavy atom. The monoisotopic (exact) mass is 268 g/mol. The fourth-order valence-electron chi connectivity index (χ4n) is 3.98. The fourth-order valence-corrected chi connectivity index (χ4v) is 3.98. The van der Waals surface area contributed by atoms with E-state index in [0.717, 1.165) is 5.92 Å². The van der Waals surface area contributed by atoms with E-state index < -0.39 is 0 Å². The van der Waals surface area contributed by atoms with E-state index in [4.69, 9.17) is 0 Å². The second kappa shape index (κ2) is 10.7. The zero-order valence-corrected chi connectivity index (χ0v) is 14.8. The van der Waals surface area contributed by atoms with Crippen molar-refractivity contribution >= 4 is 0 Å². The van der Waals surface area contributed by atoms with E-state index in [1.54, 1.807) is 38.5 Å². The summed E-state index contributed by atoms with van der Waals surface area (Å²) in [5.41, 5.74) is 0. The molecule has 0 heterocycles. The first-order chi connectivity index (χ1) is 9.05. The Hall–Kier alpha value is 0. The van der Waals surface area contributed by atoms with E-state index in [-0.39, 0.29) is 0 Å². The highest BCUT2D eigenvalue weighted by Gasteiger charge is 2.41. The zero-order valence-electron chi connectivity index (χ0n) is 14.8. The van der Waals surface area contributed by atoms with Gasteiger partial charge in [0.2, 0.25) is 0 Å². The first kappa shape index (κ1) is 19.0. The summed E-state index contributed by atoms with van der Waals surface area (Å²) >= 11 is 0. The quantitative estimate of drug-likeness (QED) is 0.446. The molecule has 4 fully saturated rings. The van der Waals surface area contributed by atoms with Gasteiger partial charge in [0.1, 0.15) is 0 Å². The van der Waals surface area contributed by atoms with Gasteiger partial charge in [0.15, 0.2) is 0 Å². The van der Waals surface area contributed by atoms with Crippen molar-refractivity contribution in [2.24, 2.45) is 29.6 Å². The van der Waals surface area contributed by atoms with Gasteiger partial charge in [0.25, 0.3) is 0 Å². The molecule has 0 aromatic heterocycles. The van der Waals surface area contributed by atoms with Crippen LogP contribution < -0.4 is 0 Å². The predicted octanol–water partition coefficient (Wildman–Crippen LogP) is 6.94. The van der Waals surface area contributed by atoms with Crippen molar-refractivity contribution in [2.45, 2.75) is 93.4 Å². The normalized spacial score (nSPS) is 33.5. The molecule has 0 spiro atoms. The average molecular weight is 269 g/mol. The first-order valence-electron chi connectivity index (χ1n) is 9.05. The fraction of sp³-hybridized carbons (Fsp3) is 1.00. The van der Waals surface area contributed by atoms with Crippen LogP contribution in [0.25, 0.3) is 0 Å². The maximum Gasteiger partial charge on any atom is -0.0406 e. The van der Waals surface area contributed by atoms with Gasteiger partial charge < -0.3 is 0 Å². The minimum absolute atomic E-state index is 0.833. The molecule has 0 heteroatoms. The first-order valence-corrected chi connectivity index (χ1v) is 9.05. The topological polar surface area (TPSA) is 0 Å². The van der Waals surface area contributed by atoms with Crippen molar-refractivity contribution in [1.29, 1.82) is 0 Å². The summed E-state index contributed by atoms with van der Waals surface area (Å²) in [6.45, 7) is 14.7. The molecule has 4 rings (SSSR count). The van der Waals surface area contributed by atoms with Crippen molar-refractivity contribution in [3.63, 3.8) is 0 Å². The molecule has 0 aromatic carbocycles. The molecule has 0 amide bonds. The molecule has 4 bridgehead atoms. The minimum Gasteiger partial charge on any atom is -0.0683 e. The lowest BCUT2D eigenvalue weighted by molar-refractivity contribution is 0.0198. The Labute approximate surface area is 123 Å². The van der Waals surface area contributed by atoms with Gasteiger partial charge in [-0.3, -0.25) is 0 Å². The molecule has 0 saturated heterocycles. The molecular formula is C19H40. The summed E-state index contributed by atoms with van der Waals surface area (Å²) in [4.78, 5) is 0. The van der Waals surface area contributed by atoms with Crippen LogP contribution in [0.3, 0.4) is 0 Å². The van der Waals surface area contributed by atoms with E-state index in [9.17, 15) is 0 Å². The van der Waals surface area contributed by atoms with Crippen LogP contribution in [-0.4, -0.2) is 0 Å². The Bertz CT molecular complexity index is 133. The molecule has 0 nitrogen and oxygen atoms in total. The molecule has 4 aliphatic rings. The van der Waals surface area contributed by atoms with Crippen molar-refractivity contribution < 1.29 is 0 Å².